The summed E-state index contributed by atoms with van der Waals surface area (Å²) < 4.78 is 31.5. The van der Waals surface area contributed by atoms with Crippen molar-refractivity contribution in [2.45, 2.75) is 30.6 Å². The SMILES string of the molecule is COc1ccc(S(=O)(=O)N(C)CC2CCCC2)cc1N. The molecule has 20 heavy (non-hydrogen) atoms. The van der Waals surface area contributed by atoms with Gasteiger partial charge in [0.15, 0.2) is 0 Å². The van der Waals surface area contributed by atoms with Gasteiger partial charge >= 0.3 is 0 Å². The van der Waals surface area contributed by atoms with E-state index in [9.17, 15) is 8.42 Å². The number of nitrogen functional groups attached to an aromatic ring is 1. The van der Waals surface area contributed by atoms with Crippen molar-refractivity contribution >= 4 is 15.7 Å². The second-order valence-corrected chi connectivity index (χ2v) is 7.38. The predicted molar refractivity (Wildman–Crippen MR) is 79.2 cm³/mol. The van der Waals surface area contributed by atoms with E-state index in [1.165, 1.54) is 36.4 Å². The maximum Gasteiger partial charge on any atom is 0.242 e. The zero-order valence-corrected chi connectivity index (χ0v) is 12.8. The highest BCUT2D eigenvalue weighted by molar-refractivity contribution is 7.89. The van der Waals surface area contributed by atoms with E-state index < -0.39 is 10.0 Å². The van der Waals surface area contributed by atoms with Crippen LogP contribution < -0.4 is 10.5 Å². The average Bonchev–Trinajstić information content (AvgIpc) is 2.91. The molecule has 1 aliphatic rings. The molecule has 0 radical (unpaired) electrons. The van der Waals surface area contributed by atoms with E-state index in [2.05, 4.69) is 0 Å². The molecule has 0 amide bonds. The van der Waals surface area contributed by atoms with Crippen LogP contribution in [0.4, 0.5) is 5.69 Å². The smallest absolute Gasteiger partial charge is 0.242 e. The molecule has 0 aromatic heterocycles. The summed E-state index contributed by atoms with van der Waals surface area (Å²) in [5, 5.41) is 0. The minimum absolute atomic E-state index is 0.219. The first-order valence-electron chi connectivity index (χ1n) is 6.85. The fraction of sp³-hybridized carbons (Fsp3) is 0.571. The normalized spacial score (nSPS) is 16.8. The van der Waals surface area contributed by atoms with E-state index in [0.29, 0.717) is 23.9 Å². The summed E-state index contributed by atoms with van der Waals surface area (Å²) >= 11 is 0. The maximum absolute atomic E-state index is 12.5. The Bertz CT molecular complexity index is 566. The molecule has 2 rings (SSSR count). The Morgan fingerprint density at radius 2 is 2.00 bits per heavy atom. The second kappa shape index (κ2) is 6.01. The van der Waals surface area contributed by atoms with Gasteiger partial charge < -0.3 is 10.5 Å². The predicted octanol–water partition coefficient (Wildman–Crippen LogP) is 2.09. The fourth-order valence-electron chi connectivity index (χ4n) is 2.71. The zero-order valence-electron chi connectivity index (χ0n) is 12.0. The van der Waals surface area contributed by atoms with Crippen LogP contribution in [0, 0.1) is 5.92 Å². The van der Waals surface area contributed by atoms with Crippen LogP contribution in [0.25, 0.3) is 0 Å². The average molecular weight is 298 g/mol. The van der Waals surface area contributed by atoms with E-state index >= 15 is 0 Å². The van der Waals surface area contributed by atoms with Crippen molar-refractivity contribution in [2.75, 3.05) is 26.4 Å². The van der Waals surface area contributed by atoms with E-state index in [1.807, 2.05) is 0 Å². The molecule has 0 atom stereocenters. The van der Waals surface area contributed by atoms with Gasteiger partial charge in [0.25, 0.3) is 0 Å². The lowest BCUT2D eigenvalue weighted by atomic mass is 10.1. The molecular weight excluding hydrogens is 276 g/mol. The number of ether oxygens (including phenoxy) is 1. The van der Waals surface area contributed by atoms with Crippen LogP contribution >= 0.6 is 0 Å². The summed E-state index contributed by atoms with van der Waals surface area (Å²) in [5.41, 5.74) is 6.12. The first kappa shape index (κ1) is 15.1. The first-order chi connectivity index (χ1) is 9.45. The third-order valence-electron chi connectivity index (χ3n) is 3.90. The van der Waals surface area contributed by atoms with Gasteiger partial charge in [-0.3, -0.25) is 0 Å². The van der Waals surface area contributed by atoms with Crippen LogP contribution in [-0.4, -0.2) is 33.4 Å². The molecule has 5 nitrogen and oxygen atoms in total. The van der Waals surface area contributed by atoms with E-state index in [-0.39, 0.29) is 4.90 Å². The summed E-state index contributed by atoms with van der Waals surface area (Å²) in [6, 6.07) is 4.58. The van der Waals surface area contributed by atoms with Gasteiger partial charge in [0.05, 0.1) is 17.7 Å². The summed E-state index contributed by atoms with van der Waals surface area (Å²) in [7, 11) is -0.337. The molecule has 1 saturated carbocycles. The third-order valence-corrected chi connectivity index (χ3v) is 5.72. The Hall–Kier alpha value is -1.27. The van der Waals surface area contributed by atoms with Crippen molar-refractivity contribution < 1.29 is 13.2 Å². The molecule has 0 spiro atoms. The summed E-state index contributed by atoms with van der Waals surface area (Å²) in [6.07, 6.45) is 4.64. The molecule has 0 saturated heterocycles. The Balaban J connectivity index is 2.18. The van der Waals surface area contributed by atoms with Gasteiger partial charge in [-0.2, -0.15) is 0 Å². The zero-order chi connectivity index (χ0) is 14.8. The van der Waals surface area contributed by atoms with Crippen molar-refractivity contribution in [3.63, 3.8) is 0 Å². The van der Waals surface area contributed by atoms with Crippen LogP contribution in [0.15, 0.2) is 23.1 Å². The molecule has 2 N–H and O–H groups in total. The Morgan fingerprint density at radius 3 is 2.55 bits per heavy atom. The number of rotatable bonds is 5. The molecule has 0 aliphatic heterocycles. The number of hydrogen-bond acceptors (Lipinski definition) is 4. The van der Waals surface area contributed by atoms with Gasteiger partial charge in [-0.05, 0) is 37.0 Å². The van der Waals surface area contributed by atoms with Crippen LogP contribution in [-0.2, 0) is 10.0 Å². The van der Waals surface area contributed by atoms with Gasteiger partial charge in [0, 0.05) is 13.6 Å². The molecule has 1 aromatic carbocycles. The van der Waals surface area contributed by atoms with Gasteiger partial charge in [0.1, 0.15) is 5.75 Å². The topological polar surface area (TPSA) is 72.6 Å². The van der Waals surface area contributed by atoms with Gasteiger partial charge in [-0.25, -0.2) is 12.7 Å². The molecule has 1 aliphatic carbocycles. The highest BCUT2D eigenvalue weighted by atomic mass is 32.2. The van der Waals surface area contributed by atoms with E-state index in [4.69, 9.17) is 10.5 Å². The van der Waals surface area contributed by atoms with Crippen molar-refractivity contribution in [2.24, 2.45) is 5.92 Å². The molecule has 1 aromatic rings. The molecule has 112 valence electrons. The summed E-state index contributed by atoms with van der Waals surface area (Å²) in [5.74, 6) is 0.966. The van der Waals surface area contributed by atoms with Crippen molar-refractivity contribution in [3.05, 3.63) is 18.2 Å². The third kappa shape index (κ3) is 3.07. The monoisotopic (exact) mass is 298 g/mol. The van der Waals surface area contributed by atoms with E-state index in [0.717, 1.165) is 12.8 Å². The fourth-order valence-corrected chi connectivity index (χ4v) is 3.99. The molecule has 0 unspecified atom stereocenters. The minimum Gasteiger partial charge on any atom is -0.495 e. The highest BCUT2D eigenvalue weighted by Gasteiger charge is 2.25. The van der Waals surface area contributed by atoms with Gasteiger partial charge in [-0.15, -0.1) is 0 Å². The summed E-state index contributed by atoms with van der Waals surface area (Å²) in [4.78, 5) is 0.219. The van der Waals surface area contributed by atoms with Crippen LogP contribution in [0.3, 0.4) is 0 Å². The van der Waals surface area contributed by atoms with Gasteiger partial charge in [-0.1, -0.05) is 12.8 Å². The first-order valence-corrected chi connectivity index (χ1v) is 8.29. The van der Waals surface area contributed by atoms with Crippen molar-refractivity contribution in [3.8, 4) is 5.75 Å². The number of benzene rings is 1. The number of anilines is 1. The number of sulfonamides is 1. The second-order valence-electron chi connectivity index (χ2n) is 5.34. The standard InChI is InChI=1S/C14H22N2O3S/c1-16(10-11-5-3-4-6-11)20(17,18)12-7-8-14(19-2)13(15)9-12/h7-9,11H,3-6,10,15H2,1-2H3. The van der Waals surface area contributed by atoms with E-state index in [1.54, 1.807) is 13.1 Å². The molecular formula is C14H22N2O3S. The molecule has 6 heteroatoms. The van der Waals surface area contributed by atoms with Crippen LogP contribution in [0.5, 0.6) is 5.75 Å². The summed E-state index contributed by atoms with van der Waals surface area (Å²) in [6.45, 7) is 0.578. The lowest BCUT2D eigenvalue weighted by Gasteiger charge is -2.21. The van der Waals surface area contributed by atoms with Crippen molar-refractivity contribution in [1.29, 1.82) is 0 Å². The maximum atomic E-state index is 12.5. The minimum atomic E-state index is -3.48. The Morgan fingerprint density at radius 1 is 1.35 bits per heavy atom. The Labute approximate surface area is 120 Å². The van der Waals surface area contributed by atoms with Crippen molar-refractivity contribution in [1.82, 2.24) is 4.31 Å². The number of nitrogens with zero attached hydrogens (tertiary/aromatic N) is 1. The number of nitrogens with two attached hydrogens (primary N) is 1. The van der Waals surface area contributed by atoms with Crippen LogP contribution in [0.2, 0.25) is 0 Å². The largest absolute Gasteiger partial charge is 0.495 e. The lowest BCUT2D eigenvalue weighted by molar-refractivity contribution is 0.387. The highest BCUT2D eigenvalue weighted by Crippen LogP contribution is 2.29. The quantitative estimate of drug-likeness (QED) is 0.845. The Kier molecular flexibility index (Phi) is 4.55. The number of methoxy groups -OCH3 is 1. The molecule has 1 fully saturated rings. The lowest BCUT2D eigenvalue weighted by Crippen LogP contribution is -2.31. The molecule has 0 bridgehead atoms. The van der Waals surface area contributed by atoms with Gasteiger partial charge in [0.2, 0.25) is 10.0 Å². The number of hydrogen-bond donors (Lipinski definition) is 1. The van der Waals surface area contributed by atoms with Crippen LogP contribution in [0.1, 0.15) is 25.7 Å². The molecule has 0 heterocycles.